The van der Waals surface area contributed by atoms with Crippen LogP contribution in [-0.2, 0) is 0 Å². The van der Waals surface area contributed by atoms with Crippen LogP contribution in [0.1, 0.15) is 0 Å². The van der Waals surface area contributed by atoms with Crippen molar-refractivity contribution in [3.63, 3.8) is 0 Å². The van der Waals surface area contributed by atoms with Crippen LogP contribution >= 0.6 is 0 Å². The van der Waals surface area contributed by atoms with Crippen molar-refractivity contribution in [1.82, 2.24) is 5.43 Å². The zero-order valence-corrected chi connectivity index (χ0v) is 5.47. The van der Waals surface area contributed by atoms with E-state index in [2.05, 4.69) is 11.5 Å². The normalized spacial score (nSPS) is 16.0. The molecular formula is C3H7IN2. The minimum absolute atomic E-state index is 0. The second-order valence-electron chi connectivity index (χ2n) is 1.01. The largest absolute Gasteiger partial charge is 1.00 e. The topological polar surface area (TPSA) is 28.6 Å². The molecule has 0 saturated carbocycles. The lowest BCUT2D eigenvalue weighted by atomic mass is 10.7. The molecule has 0 fully saturated rings. The van der Waals surface area contributed by atoms with Crippen LogP contribution in [0.25, 0.3) is 0 Å². The van der Waals surface area contributed by atoms with Crippen LogP contribution in [0.3, 0.4) is 0 Å². The average Bonchev–Trinajstić information content (AvgIpc) is 1.76. The Bertz CT molecular complexity index is 46.8. The second-order valence-corrected chi connectivity index (χ2v) is 1.01. The zero-order valence-electron chi connectivity index (χ0n) is 3.32. The van der Waals surface area contributed by atoms with Gasteiger partial charge in [-0.2, -0.15) is 0 Å². The highest BCUT2D eigenvalue weighted by atomic mass is 127. The first kappa shape index (κ1) is 6.23. The van der Waals surface area contributed by atoms with Gasteiger partial charge in [-0.3, -0.25) is 0 Å². The number of hydrogen-bond acceptors (Lipinski definition) is 1. The lowest BCUT2D eigenvalue weighted by Gasteiger charge is -1.79. The lowest BCUT2D eigenvalue weighted by molar-refractivity contribution is -0.686. The highest BCUT2D eigenvalue weighted by Gasteiger charge is 1.83. The number of nitrogens with one attached hydrogen (secondary N) is 1. The molecule has 6 heavy (non-hydrogen) atoms. The quantitative estimate of drug-likeness (QED) is 0.298. The Balaban J connectivity index is 0.000000250. The van der Waals surface area contributed by atoms with Crippen molar-refractivity contribution in [2.75, 3.05) is 6.54 Å². The number of rotatable bonds is 0. The van der Waals surface area contributed by atoms with E-state index in [-0.39, 0.29) is 24.0 Å². The Labute approximate surface area is 54.0 Å². The summed E-state index contributed by atoms with van der Waals surface area (Å²) < 4.78 is 0. The summed E-state index contributed by atoms with van der Waals surface area (Å²) in [5.74, 6) is 0. The van der Waals surface area contributed by atoms with Gasteiger partial charge >= 0.3 is 0 Å². The Hall–Kier alpha value is 0.230. The van der Waals surface area contributed by atoms with E-state index in [1.807, 2.05) is 11.6 Å². The van der Waals surface area contributed by atoms with Crippen molar-refractivity contribution in [3.05, 3.63) is 12.3 Å². The fraction of sp³-hybridized carbons (Fsp3) is 0.333. The van der Waals surface area contributed by atoms with Gasteiger partial charge in [-0.15, -0.1) is 0 Å². The maximum atomic E-state index is 2.92. The van der Waals surface area contributed by atoms with Crippen LogP contribution in [0.4, 0.5) is 0 Å². The molecule has 0 aromatic heterocycles. The van der Waals surface area contributed by atoms with Crippen LogP contribution in [-0.4, -0.2) is 6.54 Å². The number of quaternary nitrogens is 1. The predicted molar refractivity (Wildman–Crippen MR) is 19.1 cm³/mol. The third kappa shape index (κ3) is 1.61. The highest BCUT2D eigenvalue weighted by molar-refractivity contribution is 4.77. The van der Waals surface area contributed by atoms with Gasteiger partial charge in [-0.05, 0) is 6.08 Å². The van der Waals surface area contributed by atoms with Gasteiger partial charge in [0.2, 0.25) is 0 Å². The first-order valence-corrected chi connectivity index (χ1v) is 1.73. The molecule has 36 valence electrons. The third-order valence-electron chi connectivity index (χ3n) is 0.586. The molecule has 0 radical (unpaired) electrons. The fourth-order valence-electron chi connectivity index (χ4n) is 0.340. The highest BCUT2D eigenvalue weighted by Crippen LogP contribution is 1.57. The van der Waals surface area contributed by atoms with Crippen LogP contribution in [0.5, 0.6) is 0 Å². The van der Waals surface area contributed by atoms with Gasteiger partial charge in [0.25, 0.3) is 0 Å². The van der Waals surface area contributed by atoms with E-state index in [1.54, 1.807) is 0 Å². The molecule has 0 spiro atoms. The fourth-order valence-corrected chi connectivity index (χ4v) is 0.340. The summed E-state index contributed by atoms with van der Waals surface area (Å²) in [7, 11) is 0. The smallest absolute Gasteiger partial charge is 0.118 e. The van der Waals surface area contributed by atoms with Crippen molar-refractivity contribution in [1.29, 1.82) is 0 Å². The average molecular weight is 198 g/mol. The van der Waals surface area contributed by atoms with Crippen molar-refractivity contribution in [2.45, 2.75) is 0 Å². The summed E-state index contributed by atoms with van der Waals surface area (Å²) >= 11 is 0. The maximum absolute atomic E-state index is 2.92. The molecule has 3 heteroatoms. The molecule has 0 unspecified atom stereocenters. The minimum Gasteiger partial charge on any atom is -1.00 e. The van der Waals surface area contributed by atoms with Crippen LogP contribution < -0.4 is 34.8 Å². The standard InChI is InChI=1S/C3H6N2.HI/c1-2-4-5-3-1;/h1-2,4-5H,3H2;1H. The number of halogens is 1. The molecule has 0 aromatic carbocycles. The summed E-state index contributed by atoms with van der Waals surface area (Å²) in [6.45, 7) is 1.08. The van der Waals surface area contributed by atoms with Crippen molar-refractivity contribution < 1.29 is 29.4 Å². The molecular weight excluding hydrogens is 191 g/mol. The van der Waals surface area contributed by atoms with E-state index in [1.165, 1.54) is 0 Å². The molecule has 0 amide bonds. The summed E-state index contributed by atoms with van der Waals surface area (Å²) in [5, 5.41) is 0. The summed E-state index contributed by atoms with van der Waals surface area (Å²) in [6.07, 6.45) is 4.00. The minimum atomic E-state index is 0. The maximum Gasteiger partial charge on any atom is 0.118 e. The molecule has 1 rings (SSSR count). The molecule has 0 aliphatic carbocycles. The third-order valence-corrected chi connectivity index (χ3v) is 0.586. The molecule has 2 nitrogen and oxygen atoms in total. The Morgan fingerprint density at radius 3 is 2.67 bits per heavy atom. The molecule has 0 atom stereocenters. The van der Waals surface area contributed by atoms with E-state index < -0.39 is 0 Å². The van der Waals surface area contributed by atoms with Gasteiger partial charge in [0.1, 0.15) is 6.54 Å². The van der Waals surface area contributed by atoms with Crippen LogP contribution in [0.2, 0.25) is 0 Å². The van der Waals surface area contributed by atoms with E-state index in [9.17, 15) is 0 Å². The Morgan fingerprint density at radius 2 is 2.50 bits per heavy atom. The van der Waals surface area contributed by atoms with Crippen molar-refractivity contribution >= 4 is 0 Å². The Morgan fingerprint density at radius 1 is 1.67 bits per heavy atom. The van der Waals surface area contributed by atoms with E-state index >= 15 is 0 Å². The van der Waals surface area contributed by atoms with Gasteiger partial charge in [0.15, 0.2) is 0 Å². The monoisotopic (exact) mass is 198 g/mol. The lowest BCUT2D eigenvalue weighted by Crippen LogP contribution is -3.00. The van der Waals surface area contributed by atoms with Crippen LogP contribution in [0, 0.1) is 0 Å². The second kappa shape index (κ2) is 3.42. The van der Waals surface area contributed by atoms with E-state index in [4.69, 9.17) is 0 Å². The van der Waals surface area contributed by atoms with Gasteiger partial charge < -0.3 is 24.0 Å². The molecule has 3 N–H and O–H groups in total. The SMILES string of the molecule is C1=CN[NH2+]C1.[I-]. The molecule has 1 heterocycles. The molecule has 0 bridgehead atoms. The van der Waals surface area contributed by atoms with Crippen molar-refractivity contribution in [2.24, 2.45) is 0 Å². The molecule has 0 aromatic rings. The van der Waals surface area contributed by atoms with Gasteiger partial charge in [-0.1, -0.05) is 0 Å². The molecule has 1 aliphatic heterocycles. The number of hydrogen-bond donors (Lipinski definition) is 2. The van der Waals surface area contributed by atoms with Gasteiger partial charge in [-0.25, -0.2) is 10.9 Å². The van der Waals surface area contributed by atoms with Crippen LogP contribution in [0.15, 0.2) is 12.3 Å². The Kier molecular flexibility index (Phi) is 3.55. The molecule has 0 saturated heterocycles. The first-order valence-electron chi connectivity index (χ1n) is 1.73. The van der Waals surface area contributed by atoms with Gasteiger partial charge in [0.05, 0.1) is 6.20 Å². The zero-order chi connectivity index (χ0) is 3.54. The van der Waals surface area contributed by atoms with Crippen molar-refractivity contribution in [3.8, 4) is 0 Å². The van der Waals surface area contributed by atoms with E-state index in [0.29, 0.717) is 0 Å². The summed E-state index contributed by atoms with van der Waals surface area (Å²) in [5.41, 5.74) is 4.92. The van der Waals surface area contributed by atoms with E-state index in [0.717, 1.165) is 6.54 Å². The molecule has 1 aliphatic rings. The predicted octanol–water partition coefficient (Wildman–Crippen LogP) is -4.41. The first-order chi connectivity index (χ1) is 2.50. The van der Waals surface area contributed by atoms with Gasteiger partial charge in [0, 0.05) is 0 Å². The summed E-state index contributed by atoms with van der Waals surface area (Å²) in [6, 6.07) is 0. The number of nitrogens with two attached hydrogens (primary N) is 1. The summed E-state index contributed by atoms with van der Waals surface area (Å²) in [4.78, 5) is 0.